The summed E-state index contributed by atoms with van der Waals surface area (Å²) in [6.45, 7) is 1.32. The summed E-state index contributed by atoms with van der Waals surface area (Å²) in [6.07, 6.45) is 2.00. The van der Waals surface area contributed by atoms with E-state index in [1.54, 1.807) is 42.6 Å². The van der Waals surface area contributed by atoms with Gasteiger partial charge < -0.3 is 15.0 Å². The normalized spacial score (nSPS) is 11.7. The van der Waals surface area contributed by atoms with Crippen molar-refractivity contribution in [2.75, 3.05) is 6.61 Å². The van der Waals surface area contributed by atoms with Gasteiger partial charge >= 0.3 is 5.97 Å². The first-order valence-electron chi connectivity index (χ1n) is 12.0. The number of ether oxygens (including phenoxy) is 1. The zero-order valence-corrected chi connectivity index (χ0v) is 22.2. The summed E-state index contributed by atoms with van der Waals surface area (Å²) in [5.74, 6) is -0.948. The molecular weight excluding hydrogens is 523 g/mol. The van der Waals surface area contributed by atoms with Gasteiger partial charge in [0.1, 0.15) is 12.6 Å². The molecule has 0 fully saturated rings. The summed E-state index contributed by atoms with van der Waals surface area (Å²) in [7, 11) is 0. The van der Waals surface area contributed by atoms with Gasteiger partial charge in [-0.15, -0.1) is 0 Å². The van der Waals surface area contributed by atoms with Crippen LogP contribution in [-0.2, 0) is 22.5 Å². The first-order chi connectivity index (χ1) is 18.2. The molecule has 0 aliphatic carbocycles. The molecule has 2 N–H and O–H groups in total. The Morgan fingerprint density at radius 1 is 0.895 bits per heavy atom. The topological polar surface area (TPSA) is 91.4 Å². The molecule has 3 aromatic carbocycles. The smallest absolute Gasteiger partial charge is 0.323 e. The second-order valence-electron chi connectivity index (χ2n) is 8.83. The number of Topliss-reactive ketones (excluding diaryl/α,β-unsaturated/α-hetero) is 1. The molecule has 194 valence electrons. The Kier molecular flexibility index (Phi) is 8.79. The van der Waals surface area contributed by atoms with Crippen LogP contribution in [0.3, 0.4) is 0 Å². The molecule has 38 heavy (non-hydrogen) atoms. The molecule has 0 saturated carbocycles. The number of aromatic nitrogens is 1. The number of carbonyl (C=O) groups excluding carboxylic acids is 2. The van der Waals surface area contributed by atoms with Crippen molar-refractivity contribution in [3.05, 3.63) is 117 Å². The fraction of sp³-hybridized carbons (Fsp3) is 0.167. The maximum atomic E-state index is 13.5. The third kappa shape index (κ3) is 6.40. The Hall–Kier alpha value is -3.71. The highest BCUT2D eigenvalue weighted by Gasteiger charge is 2.22. The monoisotopic (exact) mass is 548 g/mol. The minimum absolute atomic E-state index is 0.0341. The van der Waals surface area contributed by atoms with E-state index in [0.717, 1.165) is 11.1 Å². The molecule has 1 heterocycles. The van der Waals surface area contributed by atoms with E-state index in [4.69, 9.17) is 33.7 Å². The van der Waals surface area contributed by atoms with Gasteiger partial charge in [-0.1, -0.05) is 77.8 Å². The van der Waals surface area contributed by atoms with E-state index in [1.165, 1.54) is 11.5 Å². The molecule has 6 nitrogen and oxygen atoms in total. The van der Waals surface area contributed by atoms with Gasteiger partial charge in [0.25, 0.3) is 5.56 Å². The number of hydrogen-bond donors (Lipinski definition) is 1. The van der Waals surface area contributed by atoms with Crippen LogP contribution in [0.4, 0.5) is 0 Å². The standard InChI is InChI=1S/C30H26Cl2N2O4/c1-19(35)27-28(22-9-13-24(32)14-10-22)25(21-7-11-23(31)12-8-21)18-34(29(27)36)15-16-38-30(37)26(33)17-20-5-3-2-4-6-20/h2-14,18,26H,15-17,33H2,1H3. The number of esters is 1. The lowest BCUT2D eigenvalue weighted by Gasteiger charge is -2.18. The number of rotatable bonds is 9. The van der Waals surface area contributed by atoms with Gasteiger partial charge in [0.15, 0.2) is 5.78 Å². The van der Waals surface area contributed by atoms with Gasteiger partial charge in [-0.05, 0) is 54.3 Å². The molecule has 0 bridgehead atoms. The molecule has 1 aromatic heterocycles. The summed E-state index contributed by atoms with van der Waals surface area (Å²) in [4.78, 5) is 38.8. The Morgan fingerprint density at radius 3 is 2.05 bits per heavy atom. The van der Waals surface area contributed by atoms with E-state index in [1.807, 2.05) is 42.5 Å². The van der Waals surface area contributed by atoms with Crippen LogP contribution in [0, 0.1) is 0 Å². The molecule has 8 heteroatoms. The van der Waals surface area contributed by atoms with Crippen molar-refractivity contribution >= 4 is 35.0 Å². The molecule has 0 radical (unpaired) electrons. The summed E-state index contributed by atoms with van der Waals surface area (Å²) >= 11 is 12.2. The van der Waals surface area contributed by atoms with E-state index in [-0.39, 0.29) is 24.5 Å². The number of hydrogen-bond acceptors (Lipinski definition) is 5. The van der Waals surface area contributed by atoms with Crippen molar-refractivity contribution in [2.24, 2.45) is 5.73 Å². The van der Waals surface area contributed by atoms with Gasteiger partial charge in [0, 0.05) is 27.4 Å². The SMILES string of the molecule is CC(=O)c1c(-c2ccc(Cl)cc2)c(-c2ccc(Cl)cc2)cn(CCOC(=O)C(N)Cc2ccccc2)c1=O. The second-order valence-corrected chi connectivity index (χ2v) is 9.70. The summed E-state index contributed by atoms with van der Waals surface area (Å²) < 4.78 is 6.77. The molecule has 1 atom stereocenters. The molecule has 0 saturated heterocycles. The number of benzene rings is 3. The van der Waals surface area contributed by atoms with Crippen LogP contribution in [0.15, 0.2) is 89.9 Å². The molecule has 0 amide bonds. The van der Waals surface area contributed by atoms with Crippen LogP contribution in [0.25, 0.3) is 22.3 Å². The zero-order chi connectivity index (χ0) is 27.2. The van der Waals surface area contributed by atoms with E-state index >= 15 is 0 Å². The first-order valence-corrected chi connectivity index (χ1v) is 12.8. The Labute approximate surface area is 230 Å². The van der Waals surface area contributed by atoms with Crippen molar-refractivity contribution < 1.29 is 14.3 Å². The van der Waals surface area contributed by atoms with E-state index in [9.17, 15) is 14.4 Å². The minimum atomic E-state index is -0.834. The lowest BCUT2D eigenvalue weighted by molar-refractivity contribution is -0.145. The maximum absolute atomic E-state index is 13.5. The van der Waals surface area contributed by atoms with Gasteiger partial charge in [-0.3, -0.25) is 14.4 Å². The van der Waals surface area contributed by atoms with Crippen LogP contribution in [0.1, 0.15) is 22.8 Å². The predicted octanol–water partition coefficient (Wildman–Crippen LogP) is 5.80. The van der Waals surface area contributed by atoms with Crippen LogP contribution in [0.2, 0.25) is 10.0 Å². The van der Waals surface area contributed by atoms with Gasteiger partial charge in [-0.25, -0.2) is 0 Å². The Balaban J connectivity index is 1.66. The quantitative estimate of drug-likeness (QED) is 0.210. The average molecular weight is 549 g/mol. The number of halogens is 2. The average Bonchev–Trinajstić information content (AvgIpc) is 2.90. The Bertz CT molecular complexity index is 1500. The fourth-order valence-electron chi connectivity index (χ4n) is 4.22. The van der Waals surface area contributed by atoms with E-state index in [2.05, 4.69) is 0 Å². The lowest BCUT2D eigenvalue weighted by atomic mass is 9.91. The molecule has 0 spiro atoms. The van der Waals surface area contributed by atoms with Crippen molar-refractivity contribution in [1.29, 1.82) is 0 Å². The first kappa shape index (κ1) is 27.3. The number of carbonyl (C=O) groups is 2. The summed E-state index contributed by atoms with van der Waals surface area (Å²) in [5, 5.41) is 1.09. The number of nitrogens with zero attached hydrogens (tertiary/aromatic N) is 1. The van der Waals surface area contributed by atoms with Crippen molar-refractivity contribution in [2.45, 2.75) is 25.9 Å². The molecule has 1 unspecified atom stereocenters. The van der Waals surface area contributed by atoms with Crippen molar-refractivity contribution in [1.82, 2.24) is 4.57 Å². The highest BCUT2D eigenvalue weighted by Crippen LogP contribution is 2.35. The van der Waals surface area contributed by atoms with Crippen LogP contribution < -0.4 is 11.3 Å². The Morgan fingerprint density at radius 2 is 1.47 bits per heavy atom. The van der Waals surface area contributed by atoms with E-state index < -0.39 is 17.6 Å². The molecular formula is C30H26Cl2N2O4. The third-order valence-corrected chi connectivity index (χ3v) is 6.60. The van der Waals surface area contributed by atoms with Gasteiger partial charge in [0.2, 0.25) is 0 Å². The number of ketones is 1. The van der Waals surface area contributed by atoms with Crippen LogP contribution in [0.5, 0.6) is 0 Å². The second kappa shape index (κ2) is 12.2. The van der Waals surface area contributed by atoms with Crippen LogP contribution in [-0.4, -0.2) is 29.0 Å². The maximum Gasteiger partial charge on any atom is 0.323 e. The fourth-order valence-corrected chi connectivity index (χ4v) is 4.48. The molecule has 0 aliphatic heterocycles. The van der Waals surface area contributed by atoms with Crippen LogP contribution >= 0.6 is 23.2 Å². The predicted molar refractivity (Wildman–Crippen MR) is 151 cm³/mol. The van der Waals surface area contributed by atoms with E-state index in [0.29, 0.717) is 33.2 Å². The highest BCUT2D eigenvalue weighted by molar-refractivity contribution is 6.31. The summed E-state index contributed by atoms with van der Waals surface area (Å²) in [5.41, 5.74) is 9.08. The number of pyridine rings is 1. The van der Waals surface area contributed by atoms with Crippen molar-refractivity contribution in [3.63, 3.8) is 0 Å². The molecule has 0 aliphatic rings. The summed E-state index contributed by atoms with van der Waals surface area (Å²) in [6, 6.07) is 22.6. The highest BCUT2D eigenvalue weighted by atomic mass is 35.5. The molecule has 4 rings (SSSR count). The third-order valence-electron chi connectivity index (χ3n) is 6.10. The lowest BCUT2D eigenvalue weighted by Crippen LogP contribution is -2.35. The molecule has 4 aromatic rings. The largest absolute Gasteiger partial charge is 0.463 e. The van der Waals surface area contributed by atoms with Gasteiger partial charge in [-0.2, -0.15) is 0 Å². The number of nitrogens with two attached hydrogens (primary N) is 1. The van der Waals surface area contributed by atoms with Gasteiger partial charge in [0.05, 0.1) is 12.1 Å². The minimum Gasteiger partial charge on any atom is -0.463 e. The van der Waals surface area contributed by atoms with Crippen molar-refractivity contribution in [3.8, 4) is 22.3 Å². The zero-order valence-electron chi connectivity index (χ0n) is 20.7.